The maximum atomic E-state index is 13.6. The van der Waals surface area contributed by atoms with Crippen LogP contribution in [-0.4, -0.2) is 13.3 Å². The van der Waals surface area contributed by atoms with Crippen LogP contribution in [0.4, 0.5) is 5.69 Å². The summed E-state index contributed by atoms with van der Waals surface area (Å²) in [7, 11) is -4.16. The maximum absolute atomic E-state index is 13.6. The normalized spacial score (nSPS) is 12.0. The number of hydrogen-bond acceptors (Lipinski definition) is 7. The van der Waals surface area contributed by atoms with Gasteiger partial charge in [0.25, 0.3) is 5.69 Å². The van der Waals surface area contributed by atoms with E-state index in [0.717, 1.165) is 23.0 Å². The van der Waals surface area contributed by atoms with Crippen molar-refractivity contribution in [1.82, 2.24) is 0 Å². The van der Waals surface area contributed by atoms with Crippen LogP contribution in [-0.2, 0) is 9.84 Å². The zero-order valence-electron chi connectivity index (χ0n) is 15.1. The molecular formula is C20H13N3O4S2. The van der Waals surface area contributed by atoms with Gasteiger partial charge in [-0.1, -0.05) is 17.7 Å². The van der Waals surface area contributed by atoms with Gasteiger partial charge in [0, 0.05) is 10.9 Å². The first kappa shape index (κ1) is 20.2. The molecule has 29 heavy (non-hydrogen) atoms. The predicted molar refractivity (Wildman–Crippen MR) is 107 cm³/mol. The van der Waals surface area contributed by atoms with Gasteiger partial charge in [0.05, 0.1) is 32.6 Å². The van der Waals surface area contributed by atoms with Gasteiger partial charge in [0.2, 0.25) is 0 Å². The third kappa shape index (κ3) is 3.74. The number of nitro groups is 1. The summed E-state index contributed by atoms with van der Waals surface area (Å²) in [5, 5.41) is 30.4. The van der Waals surface area contributed by atoms with Gasteiger partial charge < -0.3 is 0 Å². The quantitative estimate of drug-likeness (QED) is 0.446. The molecule has 0 aliphatic rings. The van der Waals surface area contributed by atoms with Crippen LogP contribution in [0.2, 0.25) is 0 Å². The molecule has 0 radical (unpaired) electrons. The molecule has 0 amide bonds. The Balaban J connectivity index is 2.38. The first-order chi connectivity index (χ1) is 13.8. The highest BCUT2D eigenvalue weighted by Gasteiger charge is 2.38. The SMILES string of the molecule is Cc1ccc(S(=O)(=O)C(c2cc(C#N)ccc2[N+](=O)[O-])c2sccc2C#N)cc1. The maximum Gasteiger partial charge on any atom is 0.274 e. The van der Waals surface area contributed by atoms with E-state index in [1.54, 1.807) is 17.5 Å². The van der Waals surface area contributed by atoms with Gasteiger partial charge in [-0.3, -0.25) is 10.1 Å². The van der Waals surface area contributed by atoms with Crippen molar-refractivity contribution < 1.29 is 13.3 Å². The Morgan fingerprint density at radius 1 is 1.07 bits per heavy atom. The number of nitrogens with zero attached hydrogens (tertiary/aromatic N) is 3. The molecule has 9 heteroatoms. The third-order valence-electron chi connectivity index (χ3n) is 4.35. The van der Waals surface area contributed by atoms with E-state index < -0.39 is 25.7 Å². The molecule has 0 spiro atoms. The Morgan fingerprint density at radius 3 is 2.34 bits per heavy atom. The molecule has 0 N–H and O–H groups in total. The number of thiophene rings is 1. The number of benzene rings is 2. The van der Waals surface area contributed by atoms with Crippen molar-refractivity contribution >= 4 is 26.9 Å². The van der Waals surface area contributed by atoms with Crippen LogP contribution in [0, 0.1) is 39.7 Å². The zero-order valence-corrected chi connectivity index (χ0v) is 16.7. The molecule has 1 heterocycles. The fourth-order valence-electron chi connectivity index (χ4n) is 2.93. The van der Waals surface area contributed by atoms with E-state index in [9.17, 15) is 29.1 Å². The molecule has 0 aliphatic heterocycles. The fourth-order valence-corrected chi connectivity index (χ4v) is 6.04. The molecule has 0 fully saturated rings. The smallest absolute Gasteiger partial charge is 0.258 e. The van der Waals surface area contributed by atoms with Crippen LogP contribution in [0.15, 0.2) is 58.8 Å². The lowest BCUT2D eigenvalue weighted by Gasteiger charge is -2.18. The summed E-state index contributed by atoms with van der Waals surface area (Å²) >= 11 is 1.03. The standard InChI is InChI=1S/C20H13N3O4S2/c1-13-2-5-16(6-3-13)29(26,27)20(19-15(12-22)8-9-28-19)17-10-14(11-21)4-7-18(17)23(24)25/h2-10,20H,1H3. The largest absolute Gasteiger partial charge is 0.274 e. The summed E-state index contributed by atoms with van der Waals surface area (Å²) in [5.74, 6) is 0. The van der Waals surface area contributed by atoms with Crippen LogP contribution < -0.4 is 0 Å². The lowest BCUT2D eigenvalue weighted by Crippen LogP contribution is -2.17. The minimum Gasteiger partial charge on any atom is -0.258 e. The molecule has 144 valence electrons. The summed E-state index contributed by atoms with van der Waals surface area (Å²) in [5.41, 5.74) is 0.486. The van der Waals surface area contributed by atoms with Crippen LogP contribution in [0.3, 0.4) is 0 Å². The van der Waals surface area contributed by atoms with Crippen LogP contribution in [0.5, 0.6) is 0 Å². The minimum absolute atomic E-state index is 0.0259. The van der Waals surface area contributed by atoms with Crippen LogP contribution in [0.1, 0.15) is 32.4 Å². The number of sulfone groups is 1. The van der Waals surface area contributed by atoms with Crippen molar-refractivity contribution in [2.45, 2.75) is 17.1 Å². The van der Waals surface area contributed by atoms with Crippen molar-refractivity contribution in [2.75, 3.05) is 0 Å². The average molecular weight is 423 g/mol. The Bertz CT molecular complexity index is 1280. The summed E-state index contributed by atoms with van der Waals surface area (Å²) < 4.78 is 27.2. The number of hydrogen-bond donors (Lipinski definition) is 0. The number of nitro benzene ring substituents is 1. The molecule has 0 saturated heterocycles. The van der Waals surface area contributed by atoms with Crippen molar-refractivity contribution in [3.05, 3.63) is 91.2 Å². The fraction of sp³-hybridized carbons (Fsp3) is 0.100. The highest BCUT2D eigenvalue weighted by atomic mass is 32.2. The molecular weight excluding hydrogens is 410 g/mol. The summed E-state index contributed by atoms with van der Waals surface area (Å²) in [6, 6.07) is 15.0. The van der Waals surface area contributed by atoms with Gasteiger partial charge >= 0.3 is 0 Å². The van der Waals surface area contributed by atoms with Gasteiger partial charge in [-0.25, -0.2) is 8.42 Å². The zero-order chi connectivity index (χ0) is 21.2. The number of nitriles is 2. The molecule has 1 unspecified atom stereocenters. The van der Waals surface area contributed by atoms with Crippen molar-refractivity contribution in [3.8, 4) is 12.1 Å². The first-order valence-corrected chi connectivity index (χ1v) is 10.7. The summed E-state index contributed by atoms with van der Waals surface area (Å²) in [6.07, 6.45) is 0. The molecule has 0 aliphatic carbocycles. The molecule has 3 aromatic rings. The van der Waals surface area contributed by atoms with E-state index in [-0.39, 0.29) is 26.5 Å². The van der Waals surface area contributed by atoms with Gasteiger partial charge in [0.1, 0.15) is 11.3 Å². The Morgan fingerprint density at radius 2 is 1.76 bits per heavy atom. The van der Waals surface area contributed by atoms with E-state index >= 15 is 0 Å². The number of aryl methyl sites for hydroxylation is 1. The first-order valence-electron chi connectivity index (χ1n) is 8.26. The molecule has 1 aromatic heterocycles. The molecule has 0 saturated carbocycles. The second kappa shape index (κ2) is 7.84. The van der Waals surface area contributed by atoms with E-state index in [4.69, 9.17) is 0 Å². The Kier molecular flexibility index (Phi) is 5.46. The molecule has 3 rings (SSSR count). The molecule has 2 aromatic carbocycles. The molecule has 0 bridgehead atoms. The highest BCUT2D eigenvalue weighted by molar-refractivity contribution is 7.92. The lowest BCUT2D eigenvalue weighted by molar-refractivity contribution is -0.385. The molecule has 1 atom stereocenters. The monoisotopic (exact) mass is 423 g/mol. The molecule has 7 nitrogen and oxygen atoms in total. The minimum atomic E-state index is -4.16. The second-order valence-corrected chi connectivity index (χ2v) is 9.17. The van der Waals surface area contributed by atoms with E-state index in [0.29, 0.717) is 0 Å². The summed E-state index contributed by atoms with van der Waals surface area (Å²) in [4.78, 5) is 11.1. The van der Waals surface area contributed by atoms with Crippen molar-refractivity contribution in [1.29, 1.82) is 10.5 Å². The third-order valence-corrected chi connectivity index (χ3v) is 7.52. The second-order valence-electron chi connectivity index (χ2n) is 6.19. The Labute approximate surface area is 171 Å². The van der Waals surface area contributed by atoms with Gasteiger partial charge in [0.15, 0.2) is 9.84 Å². The predicted octanol–water partition coefficient (Wildman–Crippen LogP) is 4.27. The number of rotatable bonds is 5. The van der Waals surface area contributed by atoms with Crippen LogP contribution >= 0.6 is 11.3 Å². The van der Waals surface area contributed by atoms with E-state index in [1.165, 1.54) is 30.3 Å². The lowest BCUT2D eigenvalue weighted by atomic mass is 10.0. The highest BCUT2D eigenvalue weighted by Crippen LogP contribution is 2.43. The Hall–Kier alpha value is -3.53. The van der Waals surface area contributed by atoms with Crippen molar-refractivity contribution in [2.24, 2.45) is 0 Å². The average Bonchev–Trinajstić information content (AvgIpc) is 3.16. The van der Waals surface area contributed by atoms with Crippen molar-refractivity contribution in [3.63, 3.8) is 0 Å². The summed E-state index contributed by atoms with van der Waals surface area (Å²) in [6.45, 7) is 1.81. The van der Waals surface area contributed by atoms with E-state index in [1.807, 2.05) is 19.1 Å². The van der Waals surface area contributed by atoms with Crippen LogP contribution in [0.25, 0.3) is 0 Å². The van der Waals surface area contributed by atoms with Gasteiger partial charge in [-0.05, 0) is 42.6 Å². The topological polar surface area (TPSA) is 125 Å². The van der Waals surface area contributed by atoms with Gasteiger partial charge in [-0.15, -0.1) is 11.3 Å². The van der Waals surface area contributed by atoms with Gasteiger partial charge in [-0.2, -0.15) is 10.5 Å². The van der Waals surface area contributed by atoms with E-state index in [2.05, 4.69) is 0 Å².